The van der Waals surface area contributed by atoms with E-state index < -0.39 is 0 Å². The van der Waals surface area contributed by atoms with Crippen molar-refractivity contribution < 1.29 is 4.57 Å². The molecule has 0 aliphatic heterocycles. The van der Waals surface area contributed by atoms with Crippen LogP contribution in [0, 0.1) is 0 Å². The molecule has 0 fully saturated rings. The highest BCUT2D eigenvalue weighted by Crippen LogP contribution is 2.14. The highest BCUT2D eigenvalue weighted by atomic mass is 15.1. The van der Waals surface area contributed by atoms with Gasteiger partial charge in [0.1, 0.15) is 12.4 Å². The molecule has 0 N–H and O–H groups in total. The second kappa shape index (κ2) is 24.9. The number of aryl methyl sites for hydroxylation is 2. The summed E-state index contributed by atoms with van der Waals surface area (Å²) in [5.41, 5.74) is 0. The van der Waals surface area contributed by atoms with E-state index in [-0.39, 0.29) is 0 Å². The standard InChI is InChI=1S/C33H65N2/c1-4-7-10-13-15-16-17-18-19-20-21-22-24-27-30-35-32-31-34(29-26-12-9-6-3)33(35)28-25-23-14-11-8-5-2/h31-32H,4-30H2,1-3H3/q+1. The number of hydrogen-bond donors (Lipinski definition) is 0. The molecular weight excluding hydrogens is 424 g/mol. The Morgan fingerprint density at radius 3 is 1.37 bits per heavy atom. The second-order valence-corrected chi connectivity index (χ2v) is 11.3. The number of imidazole rings is 1. The molecule has 2 heteroatoms. The quantitative estimate of drug-likeness (QED) is 0.0858. The van der Waals surface area contributed by atoms with Crippen molar-refractivity contribution >= 4 is 0 Å². The molecule has 0 unspecified atom stereocenters. The van der Waals surface area contributed by atoms with E-state index in [0.29, 0.717) is 0 Å². The smallest absolute Gasteiger partial charge is 0.234 e. The van der Waals surface area contributed by atoms with E-state index in [4.69, 9.17) is 0 Å². The molecule has 0 aromatic carbocycles. The average Bonchev–Trinajstić information content (AvgIpc) is 3.25. The first-order chi connectivity index (χ1) is 17.3. The van der Waals surface area contributed by atoms with Crippen LogP contribution >= 0.6 is 0 Å². The molecule has 0 aliphatic rings. The van der Waals surface area contributed by atoms with Gasteiger partial charge in [-0.3, -0.25) is 0 Å². The third kappa shape index (κ3) is 18.2. The van der Waals surface area contributed by atoms with E-state index in [0.717, 1.165) is 0 Å². The summed E-state index contributed by atoms with van der Waals surface area (Å²) < 4.78 is 5.19. The summed E-state index contributed by atoms with van der Waals surface area (Å²) in [6, 6.07) is 0. The maximum Gasteiger partial charge on any atom is 0.256 e. The van der Waals surface area contributed by atoms with Gasteiger partial charge in [0, 0.05) is 6.42 Å². The van der Waals surface area contributed by atoms with Crippen LogP contribution < -0.4 is 4.57 Å². The van der Waals surface area contributed by atoms with E-state index in [2.05, 4.69) is 42.3 Å². The molecule has 1 heterocycles. The largest absolute Gasteiger partial charge is 0.256 e. The molecule has 0 radical (unpaired) electrons. The first-order valence-electron chi connectivity index (χ1n) is 16.4. The number of unbranched alkanes of at least 4 members (excludes halogenated alkanes) is 21. The molecule has 0 aliphatic carbocycles. The SMILES string of the molecule is CCCCCCCCCCCCCCCC[n+]1ccn(CCCCCC)c1CCCCCCCC. The third-order valence-electron chi connectivity index (χ3n) is 7.85. The average molecular weight is 490 g/mol. The molecule has 1 aromatic heterocycles. The fourth-order valence-electron chi connectivity index (χ4n) is 5.44. The van der Waals surface area contributed by atoms with Gasteiger partial charge >= 0.3 is 0 Å². The van der Waals surface area contributed by atoms with Crippen molar-refractivity contribution in [2.75, 3.05) is 0 Å². The van der Waals surface area contributed by atoms with Gasteiger partial charge in [-0.1, -0.05) is 143 Å². The summed E-state index contributed by atoms with van der Waals surface area (Å²) in [4.78, 5) is 0. The Labute approximate surface area is 221 Å². The minimum absolute atomic E-state index is 1.22. The van der Waals surface area contributed by atoms with Crippen LogP contribution in [0.2, 0.25) is 0 Å². The van der Waals surface area contributed by atoms with E-state index in [9.17, 15) is 0 Å². The van der Waals surface area contributed by atoms with Crippen LogP contribution in [0.25, 0.3) is 0 Å². The Morgan fingerprint density at radius 2 is 0.886 bits per heavy atom. The summed E-state index contributed by atoms with van der Waals surface area (Å²) >= 11 is 0. The van der Waals surface area contributed by atoms with Gasteiger partial charge in [-0.15, -0.1) is 0 Å². The highest BCUT2D eigenvalue weighted by Gasteiger charge is 2.16. The van der Waals surface area contributed by atoms with Crippen molar-refractivity contribution in [2.45, 2.75) is 194 Å². The Hall–Kier alpha value is -0.790. The summed E-state index contributed by atoms with van der Waals surface area (Å²) in [5, 5.41) is 0. The highest BCUT2D eigenvalue weighted by molar-refractivity contribution is 4.84. The molecule has 35 heavy (non-hydrogen) atoms. The fraction of sp³-hybridized carbons (Fsp3) is 0.909. The van der Waals surface area contributed by atoms with Gasteiger partial charge in [-0.25, -0.2) is 9.13 Å². The van der Waals surface area contributed by atoms with Crippen LogP contribution in [0.5, 0.6) is 0 Å². The lowest BCUT2D eigenvalue weighted by molar-refractivity contribution is -0.704. The van der Waals surface area contributed by atoms with Gasteiger partial charge in [-0.2, -0.15) is 0 Å². The van der Waals surface area contributed by atoms with Crippen molar-refractivity contribution in [3.8, 4) is 0 Å². The predicted molar refractivity (Wildman–Crippen MR) is 156 cm³/mol. The van der Waals surface area contributed by atoms with Gasteiger partial charge in [0.2, 0.25) is 0 Å². The third-order valence-corrected chi connectivity index (χ3v) is 7.85. The Bertz CT molecular complexity index is 547. The predicted octanol–water partition coefficient (Wildman–Crippen LogP) is 10.7. The lowest BCUT2D eigenvalue weighted by Crippen LogP contribution is -2.37. The lowest BCUT2D eigenvalue weighted by Gasteiger charge is -2.07. The molecule has 0 amide bonds. The van der Waals surface area contributed by atoms with Gasteiger partial charge in [0.25, 0.3) is 5.82 Å². The summed E-state index contributed by atoms with van der Waals surface area (Å²) in [6.07, 6.45) is 40.0. The van der Waals surface area contributed by atoms with Gasteiger partial charge in [-0.05, 0) is 32.1 Å². The van der Waals surface area contributed by atoms with Crippen molar-refractivity contribution in [1.82, 2.24) is 4.57 Å². The number of aromatic nitrogens is 2. The molecule has 0 saturated heterocycles. The van der Waals surface area contributed by atoms with E-state index >= 15 is 0 Å². The Balaban J connectivity index is 2.19. The van der Waals surface area contributed by atoms with Crippen LogP contribution in [0.15, 0.2) is 12.4 Å². The molecule has 0 atom stereocenters. The van der Waals surface area contributed by atoms with Crippen LogP contribution in [0.3, 0.4) is 0 Å². The normalized spacial score (nSPS) is 11.5. The van der Waals surface area contributed by atoms with Crippen molar-refractivity contribution in [3.05, 3.63) is 18.2 Å². The van der Waals surface area contributed by atoms with Crippen LogP contribution in [-0.2, 0) is 19.5 Å². The molecule has 0 spiro atoms. The van der Waals surface area contributed by atoms with E-state index in [1.165, 1.54) is 174 Å². The van der Waals surface area contributed by atoms with Gasteiger partial charge in [0.05, 0.1) is 13.1 Å². The van der Waals surface area contributed by atoms with E-state index in [1.54, 1.807) is 5.82 Å². The molecule has 0 bridgehead atoms. The van der Waals surface area contributed by atoms with Crippen molar-refractivity contribution in [3.63, 3.8) is 0 Å². The Morgan fingerprint density at radius 1 is 0.486 bits per heavy atom. The molecule has 0 saturated carbocycles. The zero-order chi connectivity index (χ0) is 25.2. The number of rotatable bonds is 27. The Kier molecular flexibility index (Phi) is 22.9. The molecule has 1 rings (SSSR count). The number of hydrogen-bond acceptors (Lipinski definition) is 0. The lowest BCUT2D eigenvalue weighted by atomic mass is 10.0. The van der Waals surface area contributed by atoms with Crippen molar-refractivity contribution in [1.29, 1.82) is 0 Å². The number of nitrogens with zero attached hydrogens (tertiary/aromatic N) is 2. The first kappa shape index (κ1) is 32.2. The second-order valence-electron chi connectivity index (χ2n) is 11.3. The van der Waals surface area contributed by atoms with Crippen LogP contribution in [0.1, 0.15) is 181 Å². The summed E-state index contributed by atoms with van der Waals surface area (Å²) in [6.45, 7) is 9.37. The summed E-state index contributed by atoms with van der Waals surface area (Å²) in [7, 11) is 0. The fourth-order valence-corrected chi connectivity index (χ4v) is 5.44. The minimum Gasteiger partial charge on any atom is -0.234 e. The maximum atomic E-state index is 2.60. The molecule has 206 valence electrons. The zero-order valence-electron chi connectivity index (χ0n) is 24.6. The van der Waals surface area contributed by atoms with E-state index in [1.807, 2.05) is 0 Å². The van der Waals surface area contributed by atoms with Crippen LogP contribution in [-0.4, -0.2) is 4.57 Å². The molecule has 2 nitrogen and oxygen atoms in total. The molecular formula is C33H65N2+. The zero-order valence-corrected chi connectivity index (χ0v) is 24.6. The topological polar surface area (TPSA) is 8.81 Å². The maximum absolute atomic E-state index is 2.60. The van der Waals surface area contributed by atoms with Crippen LogP contribution in [0.4, 0.5) is 0 Å². The minimum atomic E-state index is 1.22. The van der Waals surface area contributed by atoms with Gasteiger partial charge < -0.3 is 0 Å². The monoisotopic (exact) mass is 490 g/mol. The summed E-state index contributed by atoms with van der Waals surface area (Å²) in [5.74, 6) is 1.60. The molecule has 1 aromatic rings. The van der Waals surface area contributed by atoms with Gasteiger partial charge in [0.15, 0.2) is 0 Å². The van der Waals surface area contributed by atoms with Crippen molar-refractivity contribution in [2.24, 2.45) is 0 Å². The first-order valence-corrected chi connectivity index (χ1v) is 16.4.